The molecular formula is C11H15NO4. The molecule has 0 saturated heterocycles. The van der Waals surface area contributed by atoms with Gasteiger partial charge in [-0.3, -0.25) is 4.90 Å². The van der Waals surface area contributed by atoms with Crippen molar-refractivity contribution in [2.75, 3.05) is 20.8 Å². The number of allylic oxidation sites excluding steroid dienone is 2. The number of esters is 1. The predicted octanol–water partition coefficient (Wildman–Crippen LogP) is 1.48. The third-order valence-corrected chi connectivity index (χ3v) is 1.63. The third kappa shape index (κ3) is 4.00. The van der Waals surface area contributed by atoms with E-state index in [1.165, 1.54) is 32.4 Å². The Kier molecular flexibility index (Phi) is 6.35. The fourth-order valence-corrected chi connectivity index (χ4v) is 0.858. The van der Waals surface area contributed by atoms with E-state index in [2.05, 4.69) is 17.9 Å². The van der Waals surface area contributed by atoms with E-state index in [0.29, 0.717) is 0 Å². The minimum Gasteiger partial charge on any atom is -0.464 e. The van der Waals surface area contributed by atoms with Crippen LogP contribution in [-0.2, 0) is 14.3 Å². The summed E-state index contributed by atoms with van der Waals surface area (Å²) in [5.74, 6) is -0.641. The van der Waals surface area contributed by atoms with Crippen LogP contribution in [0.5, 0.6) is 0 Å². The van der Waals surface area contributed by atoms with E-state index >= 15 is 0 Å². The van der Waals surface area contributed by atoms with E-state index in [4.69, 9.17) is 4.74 Å². The van der Waals surface area contributed by atoms with Crippen molar-refractivity contribution in [3.05, 3.63) is 37.1 Å². The van der Waals surface area contributed by atoms with Crippen molar-refractivity contribution in [2.24, 2.45) is 0 Å². The van der Waals surface area contributed by atoms with E-state index in [1.54, 1.807) is 0 Å². The van der Waals surface area contributed by atoms with Gasteiger partial charge in [0.2, 0.25) is 0 Å². The molecule has 0 bridgehead atoms. The molecule has 0 saturated carbocycles. The molecule has 1 amide bonds. The molecule has 0 heterocycles. The van der Waals surface area contributed by atoms with E-state index in [9.17, 15) is 9.59 Å². The molecule has 0 aliphatic carbocycles. The topological polar surface area (TPSA) is 55.8 Å². The highest BCUT2D eigenvalue weighted by Gasteiger charge is 2.20. The zero-order valence-corrected chi connectivity index (χ0v) is 9.43. The molecule has 5 heteroatoms. The quantitative estimate of drug-likeness (QED) is 0.308. The molecule has 0 fully saturated rings. The van der Waals surface area contributed by atoms with Gasteiger partial charge in [-0.05, 0) is 6.08 Å². The summed E-state index contributed by atoms with van der Waals surface area (Å²) in [5.41, 5.74) is 0.0477. The number of hydrogen-bond acceptors (Lipinski definition) is 4. The number of likely N-dealkylation sites (N-methyl/N-ethyl adjacent to an activating group) is 1. The fraction of sp³-hybridized carbons (Fsp3) is 0.273. The van der Waals surface area contributed by atoms with Crippen LogP contribution in [0.3, 0.4) is 0 Å². The van der Waals surface area contributed by atoms with E-state index in [-0.39, 0.29) is 12.3 Å². The maximum absolute atomic E-state index is 11.4. The average molecular weight is 225 g/mol. The summed E-state index contributed by atoms with van der Waals surface area (Å²) in [6, 6.07) is 0. The summed E-state index contributed by atoms with van der Waals surface area (Å²) in [5, 5.41) is 0. The van der Waals surface area contributed by atoms with Crippen molar-refractivity contribution in [1.29, 1.82) is 0 Å². The molecular weight excluding hydrogens is 210 g/mol. The van der Waals surface area contributed by atoms with Crippen LogP contribution in [-0.4, -0.2) is 37.7 Å². The standard InChI is InChI=1S/C11H15NO4/c1-5-7-9(10(13)15-4)12(3)11(14)16-8-6-2/h5-7H,1-2,8H2,3-4H3/b9-7+. The minimum absolute atomic E-state index is 0.0477. The van der Waals surface area contributed by atoms with Crippen LogP contribution in [0.15, 0.2) is 37.1 Å². The summed E-state index contributed by atoms with van der Waals surface area (Å²) in [6.07, 6.45) is 3.50. The van der Waals surface area contributed by atoms with Gasteiger partial charge in [0.15, 0.2) is 0 Å². The Bertz CT molecular complexity index is 320. The summed E-state index contributed by atoms with van der Waals surface area (Å²) < 4.78 is 9.28. The van der Waals surface area contributed by atoms with Crippen molar-refractivity contribution >= 4 is 12.1 Å². The Morgan fingerprint density at radius 3 is 2.44 bits per heavy atom. The zero-order valence-electron chi connectivity index (χ0n) is 9.43. The number of carbonyl (C=O) groups is 2. The summed E-state index contributed by atoms with van der Waals surface area (Å²) in [7, 11) is 2.62. The van der Waals surface area contributed by atoms with Gasteiger partial charge in [-0.25, -0.2) is 9.59 Å². The molecule has 0 aromatic rings. The average Bonchev–Trinajstić information content (AvgIpc) is 2.31. The van der Waals surface area contributed by atoms with Crippen molar-refractivity contribution in [3.8, 4) is 0 Å². The highest BCUT2D eigenvalue weighted by molar-refractivity contribution is 5.92. The lowest BCUT2D eigenvalue weighted by molar-refractivity contribution is -0.137. The number of amides is 1. The normalized spacial score (nSPS) is 10.2. The first-order valence-corrected chi connectivity index (χ1v) is 4.50. The van der Waals surface area contributed by atoms with Gasteiger partial charge in [0.05, 0.1) is 7.11 Å². The fourth-order valence-electron chi connectivity index (χ4n) is 0.858. The van der Waals surface area contributed by atoms with Crippen molar-refractivity contribution in [3.63, 3.8) is 0 Å². The predicted molar refractivity (Wildman–Crippen MR) is 59.6 cm³/mol. The van der Waals surface area contributed by atoms with Crippen molar-refractivity contribution in [1.82, 2.24) is 4.90 Å². The first-order chi connectivity index (χ1) is 7.58. The Morgan fingerprint density at radius 2 is 2.00 bits per heavy atom. The van der Waals surface area contributed by atoms with Crippen LogP contribution in [0.1, 0.15) is 0 Å². The number of carbonyl (C=O) groups excluding carboxylic acids is 2. The molecule has 0 aromatic carbocycles. The molecule has 0 N–H and O–H groups in total. The second kappa shape index (κ2) is 7.28. The molecule has 0 atom stereocenters. The lowest BCUT2D eigenvalue weighted by atomic mass is 10.3. The van der Waals surface area contributed by atoms with Crippen LogP contribution in [0.4, 0.5) is 4.79 Å². The number of ether oxygens (including phenoxy) is 2. The molecule has 0 aliphatic heterocycles. The van der Waals surface area contributed by atoms with Crippen molar-refractivity contribution < 1.29 is 19.1 Å². The highest BCUT2D eigenvalue weighted by atomic mass is 16.6. The lowest BCUT2D eigenvalue weighted by Gasteiger charge is -2.17. The molecule has 0 radical (unpaired) electrons. The minimum atomic E-state index is -0.668. The van der Waals surface area contributed by atoms with Gasteiger partial charge in [-0.1, -0.05) is 25.3 Å². The van der Waals surface area contributed by atoms with Gasteiger partial charge >= 0.3 is 12.1 Å². The summed E-state index contributed by atoms with van der Waals surface area (Å²) in [6.45, 7) is 6.92. The van der Waals surface area contributed by atoms with E-state index < -0.39 is 12.1 Å². The van der Waals surface area contributed by atoms with E-state index in [0.717, 1.165) is 4.90 Å². The molecule has 0 spiro atoms. The number of methoxy groups -OCH3 is 1. The van der Waals surface area contributed by atoms with Crippen LogP contribution < -0.4 is 0 Å². The molecule has 0 unspecified atom stereocenters. The molecule has 5 nitrogen and oxygen atoms in total. The van der Waals surface area contributed by atoms with E-state index in [1.807, 2.05) is 0 Å². The highest BCUT2D eigenvalue weighted by Crippen LogP contribution is 2.06. The van der Waals surface area contributed by atoms with Gasteiger partial charge in [-0.2, -0.15) is 0 Å². The SMILES string of the molecule is C=C/C=C(\C(=O)OC)N(C)C(=O)OCC=C. The second-order valence-corrected chi connectivity index (χ2v) is 2.70. The summed E-state index contributed by atoms with van der Waals surface area (Å²) >= 11 is 0. The van der Waals surface area contributed by atoms with Crippen LogP contribution in [0.2, 0.25) is 0 Å². The zero-order chi connectivity index (χ0) is 12.6. The second-order valence-electron chi connectivity index (χ2n) is 2.70. The number of rotatable bonds is 5. The molecule has 88 valence electrons. The van der Waals surface area contributed by atoms with Crippen LogP contribution in [0.25, 0.3) is 0 Å². The largest absolute Gasteiger partial charge is 0.464 e. The van der Waals surface area contributed by atoms with Gasteiger partial charge < -0.3 is 9.47 Å². The molecule has 0 aromatic heterocycles. The Labute approximate surface area is 94.6 Å². The van der Waals surface area contributed by atoms with Gasteiger partial charge in [0.1, 0.15) is 12.3 Å². The first kappa shape index (κ1) is 14.0. The van der Waals surface area contributed by atoms with Crippen molar-refractivity contribution in [2.45, 2.75) is 0 Å². The molecule has 0 aliphatic rings. The Balaban J connectivity index is 4.74. The summed E-state index contributed by atoms with van der Waals surface area (Å²) in [4.78, 5) is 23.8. The lowest BCUT2D eigenvalue weighted by Crippen LogP contribution is -2.31. The number of nitrogens with zero attached hydrogens (tertiary/aromatic N) is 1. The number of hydrogen-bond donors (Lipinski definition) is 0. The third-order valence-electron chi connectivity index (χ3n) is 1.63. The smallest absolute Gasteiger partial charge is 0.414 e. The van der Waals surface area contributed by atoms with Crippen LogP contribution in [0, 0.1) is 0 Å². The maximum Gasteiger partial charge on any atom is 0.414 e. The first-order valence-electron chi connectivity index (χ1n) is 4.50. The van der Waals surface area contributed by atoms with Gasteiger partial charge in [-0.15, -0.1) is 0 Å². The van der Waals surface area contributed by atoms with Gasteiger partial charge in [0.25, 0.3) is 0 Å². The Hall–Kier alpha value is -2.04. The maximum atomic E-state index is 11.4. The van der Waals surface area contributed by atoms with Crippen LogP contribution >= 0.6 is 0 Å². The molecule has 0 rings (SSSR count). The molecule has 16 heavy (non-hydrogen) atoms. The van der Waals surface area contributed by atoms with Gasteiger partial charge in [0, 0.05) is 7.05 Å². The monoisotopic (exact) mass is 225 g/mol. The Morgan fingerprint density at radius 1 is 1.38 bits per heavy atom.